The molecular weight excluding hydrogens is 576 g/mol. The van der Waals surface area contributed by atoms with Gasteiger partial charge in [-0.2, -0.15) is 5.10 Å². The average molecular weight is 615 g/mol. The molecule has 236 valence electrons. The quantitative estimate of drug-likeness (QED) is 0.208. The predicted octanol–water partition coefficient (Wildman–Crippen LogP) is 5.81. The maximum Gasteiger partial charge on any atom is 0.410 e. The van der Waals surface area contributed by atoms with E-state index in [1.807, 2.05) is 31.5 Å². The smallest absolute Gasteiger partial charge is 0.410 e. The maximum absolute atomic E-state index is 12.5. The molecule has 2 aromatic heterocycles. The zero-order valence-electron chi connectivity index (χ0n) is 25.8. The van der Waals surface area contributed by atoms with Crippen molar-refractivity contribution in [3.8, 4) is 22.8 Å². The minimum atomic E-state index is -0.506. The lowest BCUT2D eigenvalue weighted by Crippen LogP contribution is -2.53. The molecule has 2 aromatic carbocycles. The van der Waals surface area contributed by atoms with Crippen molar-refractivity contribution < 1.29 is 19.2 Å². The molecule has 0 bridgehead atoms. The summed E-state index contributed by atoms with van der Waals surface area (Å²) >= 11 is 0. The number of carbonyl (C=O) groups is 1. The van der Waals surface area contributed by atoms with Crippen LogP contribution in [0.5, 0.6) is 11.5 Å². The van der Waals surface area contributed by atoms with Crippen LogP contribution in [0, 0.1) is 10.1 Å². The molecule has 1 aliphatic carbocycles. The molecule has 0 spiro atoms. The number of rotatable bonds is 6. The molecule has 0 atom stereocenters. The predicted molar refractivity (Wildman–Crippen MR) is 169 cm³/mol. The third-order valence-electron chi connectivity index (χ3n) is 8.41. The van der Waals surface area contributed by atoms with Gasteiger partial charge in [-0.15, -0.1) is 0 Å². The van der Waals surface area contributed by atoms with Gasteiger partial charge in [-0.25, -0.2) is 19.4 Å². The molecule has 13 nitrogen and oxygen atoms in total. The fourth-order valence-electron chi connectivity index (χ4n) is 6.23. The summed E-state index contributed by atoms with van der Waals surface area (Å²) in [6.07, 6.45) is 4.91. The Labute approximate surface area is 261 Å². The molecule has 2 aliphatic rings. The third kappa shape index (κ3) is 6.53. The Kier molecular flexibility index (Phi) is 8.28. The lowest BCUT2D eigenvalue weighted by atomic mass is 9.90. The van der Waals surface area contributed by atoms with Crippen molar-refractivity contribution in [3.63, 3.8) is 0 Å². The van der Waals surface area contributed by atoms with Crippen LogP contribution in [0.3, 0.4) is 0 Å². The lowest BCUT2D eigenvalue weighted by molar-refractivity contribution is -0.385. The Morgan fingerprint density at radius 2 is 1.67 bits per heavy atom. The number of hydrogen-bond acceptors (Lipinski definition) is 10. The van der Waals surface area contributed by atoms with Crippen molar-refractivity contribution in [1.29, 1.82) is 0 Å². The Hall–Kier alpha value is -4.78. The van der Waals surface area contributed by atoms with Gasteiger partial charge in [0.2, 0.25) is 5.75 Å². The lowest BCUT2D eigenvalue weighted by Gasteiger charge is -2.42. The Morgan fingerprint density at radius 3 is 2.33 bits per heavy atom. The van der Waals surface area contributed by atoms with E-state index in [1.54, 1.807) is 41.3 Å². The Bertz CT molecular complexity index is 1690. The van der Waals surface area contributed by atoms with Crippen molar-refractivity contribution in [2.45, 2.75) is 64.1 Å². The zero-order chi connectivity index (χ0) is 31.7. The largest absolute Gasteiger partial charge is 0.450 e. The first-order valence-corrected chi connectivity index (χ1v) is 15.3. The minimum Gasteiger partial charge on any atom is -0.450 e. The average Bonchev–Trinajstić information content (AvgIpc) is 3.42. The van der Waals surface area contributed by atoms with E-state index in [9.17, 15) is 14.9 Å². The van der Waals surface area contributed by atoms with E-state index in [2.05, 4.69) is 14.9 Å². The van der Waals surface area contributed by atoms with Crippen LogP contribution in [0.15, 0.2) is 54.9 Å². The van der Waals surface area contributed by atoms with Gasteiger partial charge < -0.3 is 20.1 Å². The number of ether oxygens (including phenoxy) is 2. The highest BCUT2D eigenvalue weighted by Gasteiger charge is 2.33. The van der Waals surface area contributed by atoms with Gasteiger partial charge in [-0.3, -0.25) is 15.0 Å². The van der Waals surface area contributed by atoms with Crippen molar-refractivity contribution in [2.75, 3.05) is 31.9 Å². The van der Waals surface area contributed by atoms with Crippen molar-refractivity contribution in [1.82, 2.24) is 29.5 Å². The van der Waals surface area contributed by atoms with E-state index in [-0.39, 0.29) is 29.4 Å². The zero-order valence-corrected chi connectivity index (χ0v) is 25.8. The van der Waals surface area contributed by atoms with Crippen molar-refractivity contribution in [2.24, 2.45) is 0 Å². The number of piperazine rings is 1. The molecule has 6 rings (SSSR count). The third-order valence-corrected chi connectivity index (χ3v) is 8.41. The van der Waals surface area contributed by atoms with Gasteiger partial charge >= 0.3 is 11.8 Å². The molecular formula is C32H38N8O5. The number of nitrogens with two attached hydrogens (primary N) is 1. The fourth-order valence-corrected chi connectivity index (χ4v) is 6.23. The molecule has 13 heteroatoms. The highest BCUT2D eigenvalue weighted by molar-refractivity contribution is 5.98. The van der Waals surface area contributed by atoms with Gasteiger partial charge in [0.25, 0.3) is 0 Å². The standard InChI is InChI=1S/C32H38N8O5/c1-32(2,3)45-31(41)38-17-15-37(16-18-38)22-10-12-23(13-11-22)39-30-27(29(33)34-20-35-30)28(36-39)21-9-14-26(25(19-21)40(42)43)44-24-7-5-4-6-8-24/h4-9,14,19-20,22-23H,10-13,15-18H2,1-3H3,(H2,33,34,35). The van der Waals surface area contributed by atoms with Crippen LogP contribution < -0.4 is 10.5 Å². The normalized spacial score (nSPS) is 19.4. The monoisotopic (exact) mass is 614 g/mol. The summed E-state index contributed by atoms with van der Waals surface area (Å²) in [5.74, 6) is 0.902. The number of nitrogens with zero attached hydrogens (tertiary/aromatic N) is 7. The van der Waals surface area contributed by atoms with Crippen molar-refractivity contribution >= 4 is 28.6 Å². The number of benzene rings is 2. The molecule has 4 aromatic rings. The van der Waals surface area contributed by atoms with E-state index >= 15 is 0 Å². The molecule has 45 heavy (non-hydrogen) atoms. The summed E-state index contributed by atoms with van der Waals surface area (Å²) in [5, 5.41) is 17.6. The van der Waals surface area contributed by atoms with E-state index in [4.69, 9.17) is 20.3 Å². The Morgan fingerprint density at radius 1 is 0.978 bits per heavy atom. The minimum absolute atomic E-state index is 0.0884. The number of nitro groups is 1. The summed E-state index contributed by atoms with van der Waals surface area (Å²) in [7, 11) is 0. The van der Waals surface area contributed by atoms with Crippen LogP contribution in [0.4, 0.5) is 16.3 Å². The van der Waals surface area contributed by atoms with Crippen LogP contribution >= 0.6 is 0 Å². The summed E-state index contributed by atoms with van der Waals surface area (Å²) in [4.78, 5) is 37.1. The molecule has 1 aliphatic heterocycles. The first-order valence-electron chi connectivity index (χ1n) is 15.3. The number of hydrogen-bond donors (Lipinski definition) is 1. The second-order valence-electron chi connectivity index (χ2n) is 12.6. The fraction of sp³-hybridized carbons (Fsp3) is 0.438. The number of nitro benzene ring substituents is 1. The Balaban J connectivity index is 1.19. The molecule has 1 saturated carbocycles. The number of amides is 1. The second kappa shape index (κ2) is 12.3. The van der Waals surface area contributed by atoms with Crippen molar-refractivity contribution in [3.05, 3.63) is 65.0 Å². The summed E-state index contributed by atoms with van der Waals surface area (Å²) in [5.41, 5.74) is 7.30. The van der Waals surface area contributed by atoms with E-state index in [1.165, 1.54) is 12.4 Å². The van der Waals surface area contributed by atoms with Crippen LogP contribution in [-0.4, -0.2) is 78.4 Å². The first-order chi connectivity index (χ1) is 21.6. The summed E-state index contributed by atoms with van der Waals surface area (Å²) in [6.45, 7) is 8.58. The van der Waals surface area contributed by atoms with E-state index < -0.39 is 10.5 Å². The molecule has 1 saturated heterocycles. The number of nitrogen functional groups attached to an aromatic ring is 1. The topological polar surface area (TPSA) is 155 Å². The van der Waals surface area contributed by atoms with Crippen LogP contribution in [0.25, 0.3) is 22.3 Å². The number of aromatic nitrogens is 4. The molecule has 0 radical (unpaired) electrons. The SMILES string of the molecule is CC(C)(C)OC(=O)N1CCN(C2CCC(n3nc(-c4ccc(Oc5ccccc5)c([N+](=O)[O-])c4)c4c(N)ncnc43)CC2)CC1. The maximum atomic E-state index is 12.5. The second-order valence-corrected chi connectivity index (χ2v) is 12.6. The summed E-state index contributed by atoms with van der Waals surface area (Å²) in [6, 6.07) is 14.2. The van der Waals surface area contributed by atoms with Gasteiger partial charge in [0.15, 0.2) is 5.65 Å². The van der Waals surface area contributed by atoms with Crippen LogP contribution in [0.2, 0.25) is 0 Å². The number of anilines is 1. The summed E-state index contributed by atoms with van der Waals surface area (Å²) < 4.78 is 13.3. The highest BCUT2D eigenvalue weighted by atomic mass is 16.6. The molecule has 2 fully saturated rings. The van der Waals surface area contributed by atoms with E-state index in [0.29, 0.717) is 47.2 Å². The van der Waals surface area contributed by atoms with Gasteiger partial charge in [0.1, 0.15) is 29.2 Å². The van der Waals surface area contributed by atoms with Crippen LogP contribution in [-0.2, 0) is 4.74 Å². The number of fused-ring (bicyclic) bond motifs is 1. The van der Waals surface area contributed by atoms with Gasteiger partial charge in [-0.05, 0) is 70.7 Å². The van der Waals surface area contributed by atoms with Crippen LogP contribution in [0.1, 0.15) is 52.5 Å². The van der Waals surface area contributed by atoms with Gasteiger partial charge in [0, 0.05) is 43.9 Å². The molecule has 2 N–H and O–H groups in total. The first kappa shape index (κ1) is 30.3. The van der Waals surface area contributed by atoms with E-state index in [0.717, 1.165) is 38.8 Å². The highest BCUT2D eigenvalue weighted by Crippen LogP contribution is 2.40. The molecule has 3 heterocycles. The molecule has 1 amide bonds. The molecule has 0 unspecified atom stereocenters. The van der Waals surface area contributed by atoms with Gasteiger partial charge in [-0.1, -0.05) is 18.2 Å². The number of carbonyl (C=O) groups excluding carboxylic acids is 1. The van der Waals surface area contributed by atoms with Gasteiger partial charge in [0.05, 0.1) is 16.4 Å². The number of para-hydroxylation sites is 1.